The van der Waals surface area contributed by atoms with Crippen molar-refractivity contribution >= 4 is 25.2 Å². The zero-order valence-corrected chi connectivity index (χ0v) is 15.2. The van der Waals surface area contributed by atoms with E-state index in [2.05, 4.69) is 4.98 Å². The molecule has 1 aromatic heterocycles. The van der Waals surface area contributed by atoms with Crippen molar-refractivity contribution in [3.05, 3.63) is 33.6 Å². The zero-order valence-electron chi connectivity index (χ0n) is 13.5. The minimum Gasteiger partial charge on any atom is -0.480 e. The molecule has 1 aliphatic rings. The molecule has 1 aliphatic carbocycles. The quantitative estimate of drug-likeness (QED) is 0.440. The highest BCUT2D eigenvalue weighted by atomic mass is 32.1. The molecule has 1 aromatic carbocycles. The van der Waals surface area contributed by atoms with Gasteiger partial charge in [0, 0.05) is 22.4 Å². The fourth-order valence-corrected chi connectivity index (χ4v) is 4.82. The Kier molecular flexibility index (Phi) is 5.15. The van der Waals surface area contributed by atoms with Crippen molar-refractivity contribution in [2.24, 2.45) is 0 Å². The summed E-state index contributed by atoms with van der Waals surface area (Å²) in [6.07, 6.45) is 1.32. The molecule has 3 rings (SSSR count). The average Bonchev–Trinajstić information content (AvgIpc) is 3.14. The number of benzene rings is 1. The summed E-state index contributed by atoms with van der Waals surface area (Å²) in [5.74, 6) is 0.542. The fraction of sp³-hybridized carbons (Fsp3) is 0.375. The summed E-state index contributed by atoms with van der Waals surface area (Å²) in [5.41, 5.74) is 4.93. The molecule has 128 valence electrons. The Morgan fingerprint density at radius 2 is 2.04 bits per heavy atom. The number of rotatable bonds is 8. The lowest BCUT2D eigenvalue weighted by molar-refractivity contribution is 0.112. The molecule has 0 radical (unpaired) electrons. The molecule has 6 nitrogen and oxygen atoms in total. The molecule has 8 heteroatoms. The second-order valence-corrected chi connectivity index (χ2v) is 8.08. The fourth-order valence-electron chi connectivity index (χ4n) is 2.74. The number of carbonyl (C=O) groups is 1. The highest BCUT2D eigenvalue weighted by Gasteiger charge is 2.30. The number of aromatic nitrogens is 1. The van der Waals surface area contributed by atoms with Gasteiger partial charge in [0.1, 0.15) is 12.0 Å². The molecule has 2 aromatic rings. The molecular weight excluding hydrogens is 349 g/mol. The van der Waals surface area contributed by atoms with Crippen LogP contribution in [0.3, 0.4) is 0 Å². The maximum atomic E-state index is 12.6. The van der Waals surface area contributed by atoms with Gasteiger partial charge in [-0.15, -0.1) is 11.3 Å². The Balaban J connectivity index is 1.92. The molecule has 24 heavy (non-hydrogen) atoms. The van der Waals surface area contributed by atoms with E-state index in [0.717, 1.165) is 28.0 Å². The predicted molar refractivity (Wildman–Crippen MR) is 92.1 cm³/mol. The van der Waals surface area contributed by atoms with Crippen LogP contribution < -0.4 is 4.74 Å². The first-order chi connectivity index (χ1) is 11.6. The van der Waals surface area contributed by atoms with Gasteiger partial charge in [-0.1, -0.05) is 0 Å². The Morgan fingerprint density at radius 3 is 2.71 bits per heavy atom. The molecule has 0 bridgehead atoms. The number of nitrogens with zero attached hydrogens (tertiary/aromatic N) is 1. The second-order valence-electron chi connectivity index (χ2n) is 5.15. The SMILES string of the molecule is CCOP(=O)(COc1ccc(C=O)c2c1-c1ncsc1C2)OCC. The normalized spacial score (nSPS) is 12.8. The van der Waals surface area contributed by atoms with Crippen molar-refractivity contribution in [1.29, 1.82) is 0 Å². The van der Waals surface area contributed by atoms with Crippen LogP contribution in [0, 0.1) is 0 Å². The van der Waals surface area contributed by atoms with E-state index in [4.69, 9.17) is 13.8 Å². The topological polar surface area (TPSA) is 74.7 Å². The molecule has 0 atom stereocenters. The summed E-state index contributed by atoms with van der Waals surface area (Å²) in [5, 5.41) is 0. The number of hydrogen-bond donors (Lipinski definition) is 0. The van der Waals surface area contributed by atoms with Crippen molar-refractivity contribution in [1.82, 2.24) is 4.98 Å². The van der Waals surface area contributed by atoms with E-state index in [-0.39, 0.29) is 19.6 Å². The smallest absolute Gasteiger partial charge is 0.367 e. The first-order valence-electron chi connectivity index (χ1n) is 7.66. The lowest BCUT2D eigenvalue weighted by Gasteiger charge is -2.19. The summed E-state index contributed by atoms with van der Waals surface area (Å²) in [7, 11) is -3.31. The minimum absolute atomic E-state index is 0.180. The van der Waals surface area contributed by atoms with Crippen LogP contribution in [0.1, 0.15) is 34.6 Å². The molecule has 0 fully saturated rings. The Labute approximate surface area is 144 Å². The zero-order chi connectivity index (χ0) is 17.2. The summed E-state index contributed by atoms with van der Waals surface area (Å²) in [6, 6.07) is 3.42. The van der Waals surface area contributed by atoms with E-state index in [1.807, 2.05) is 0 Å². The van der Waals surface area contributed by atoms with Crippen molar-refractivity contribution in [3.63, 3.8) is 0 Å². The number of hydrogen-bond acceptors (Lipinski definition) is 7. The van der Waals surface area contributed by atoms with Crippen LogP contribution >= 0.6 is 18.9 Å². The third-order valence-electron chi connectivity index (χ3n) is 3.68. The van der Waals surface area contributed by atoms with Crippen molar-refractivity contribution in [2.75, 3.05) is 19.6 Å². The van der Waals surface area contributed by atoms with Crippen LogP contribution in [0.4, 0.5) is 0 Å². The monoisotopic (exact) mass is 367 g/mol. The van der Waals surface area contributed by atoms with Crippen molar-refractivity contribution in [2.45, 2.75) is 20.3 Å². The summed E-state index contributed by atoms with van der Waals surface area (Å²) >= 11 is 1.55. The van der Waals surface area contributed by atoms with E-state index >= 15 is 0 Å². The van der Waals surface area contributed by atoms with Crippen LogP contribution in [-0.2, 0) is 20.0 Å². The molecular formula is C16H18NO5PS. The van der Waals surface area contributed by atoms with E-state index in [0.29, 0.717) is 17.7 Å². The van der Waals surface area contributed by atoms with Gasteiger partial charge in [0.15, 0.2) is 6.35 Å². The molecule has 0 unspecified atom stereocenters. The Morgan fingerprint density at radius 1 is 1.29 bits per heavy atom. The van der Waals surface area contributed by atoms with Crippen LogP contribution in [0.2, 0.25) is 0 Å². The van der Waals surface area contributed by atoms with Gasteiger partial charge in [0.25, 0.3) is 0 Å². The number of thiazole rings is 1. The van der Waals surface area contributed by atoms with Crippen LogP contribution in [-0.4, -0.2) is 30.8 Å². The highest BCUT2D eigenvalue weighted by Crippen LogP contribution is 2.50. The van der Waals surface area contributed by atoms with Gasteiger partial charge in [-0.25, -0.2) is 4.98 Å². The van der Waals surface area contributed by atoms with Crippen molar-refractivity contribution < 1.29 is 23.1 Å². The van der Waals surface area contributed by atoms with Crippen molar-refractivity contribution in [3.8, 4) is 17.0 Å². The van der Waals surface area contributed by atoms with Crippen LogP contribution in [0.15, 0.2) is 17.6 Å². The van der Waals surface area contributed by atoms with Crippen LogP contribution in [0.25, 0.3) is 11.3 Å². The molecule has 0 N–H and O–H groups in total. The summed E-state index contributed by atoms with van der Waals surface area (Å²) in [6.45, 7) is 4.06. The predicted octanol–water partition coefficient (Wildman–Crippen LogP) is 4.13. The van der Waals surface area contributed by atoms with E-state index in [1.54, 1.807) is 42.8 Å². The van der Waals surface area contributed by atoms with Gasteiger partial charge in [0.05, 0.1) is 24.4 Å². The van der Waals surface area contributed by atoms with Gasteiger partial charge >= 0.3 is 7.60 Å². The van der Waals surface area contributed by atoms with Gasteiger partial charge in [-0.2, -0.15) is 0 Å². The van der Waals surface area contributed by atoms with E-state index in [9.17, 15) is 9.36 Å². The number of fused-ring (bicyclic) bond motifs is 3. The maximum Gasteiger partial charge on any atom is 0.367 e. The largest absolute Gasteiger partial charge is 0.480 e. The summed E-state index contributed by atoms with van der Waals surface area (Å²) in [4.78, 5) is 16.8. The Hall–Kier alpha value is -1.53. The van der Waals surface area contributed by atoms with E-state index < -0.39 is 7.60 Å². The standard InChI is InChI=1S/C16H18NO5PS/c1-3-21-23(19,22-4-2)10-20-13-6-5-11(8-18)12-7-14-16(15(12)13)17-9-24-14/h5-6,8-9H,3-4,7,10H2,1-2H3. The van der Waals surface area contributed by atoms with Gasteiger partial charge in [0.2, 0.25) is 0 Å². The second kappa shape index (κ2) is 7.15. The van der Waals surface area contributed by atoms with E-state index in [1.165, 1.54) is 0 Å². The molecule has 0 saturated carbocycles. The molecule has 0 aliphatic heterocycles. The third-order valence-corrected chi connectivity index (χ3v) is 6.26. The van der Waals surface area contributed by atoms with Gasteiger partial charge < -0.3 is 13.8 Å². The molecule has 0 spiro atoms. The lowest BCUT2D eigenvalue weighted by Crippen LogP contribution is -2.07. The number of carbonyl (C=O) groups excluding carboxylic acids is 1. The average molecular weight is 367 g/mol. The third kappa shape index (κ3) is 3.17. The minimum atomic E-state index is -3.31. The summed E-state index contributed by atoms with van der Waals surface area (Å²) < 4.78 is 28.8. The molecule has 1 heterocycles. The number of ether oxygens (including phenoxy) is 1. The molecule has 0 amide bonds. The van der Waals surface area contributed by atoms with Gasteiger partial charge in [-0.3, -0.25) is 9.36 Å². The highest BCUT2D eigenvalue weighted by molar-refractivity contribution is 7.53. The van der Waals surface area contributed by atoms with Crippen LogP contribution in [0.5, 0.6) is 5.75 Å². The van der Waals surface area contributed by atoms with Gasteiger partial charge in [-0.05, 0) is 31.5 Å². The first kappa shape index (κ1) is 17.3. The first-order valence-corrected chi connectivity index (χ1v) is 10.3. The maximum absolute atomic E-state index is 12.6. The Bertz CT molecular complexity index is 794. The molecule has 0 saturated heterocycles. The number of aldehydes is 1. The lowest BCUT2D eigenvalue weighted by atomic mass is 10.0.